The number of phosphoric ester groups is 1. The largest absolute Gasteiger partial charge is 0.507 e. The molecule has 0 amide bonds. The Balaban J connectivity index is 1.57. The standard InChI is InChI=1S/C20H25ClNO5PS/c1-13(12-26-28(24,25)27-22)2-3-15-6-8-17(11-18(15)21)29-20-10-16(14-4-5-14)7-9-19(20)23/h6-11,13-14,23H,2-5,12,22H2,1H3,(H,24,25). The predicted molar refractivity (Wildman–Crippen MR) is 114 cm³/mol. The fourth-order valence-electron chi connectivity index (χ4n) is 2.94. The fraction of sp³-hybridized carbons (Fsp3) is 0.400. The van der Waals surface area contributed by atoms with Crippen molar-refractivity contribution in [3.8, 4) is 5.75 Å². The number of benzene rings is 2. The van der Waals surface area contributed by atoms with Crippen molar-refractivity contribution < 1.29 is 23.7 Å². The highest BCUT2D eigenvalue weighted by Gasteiger charge is 2.24. The van der Waals surface area contributed by atoms with E-state index in [-0.39, 0.29) is 18.3 Å². The summed E-state index contributed by atoms with van der Waals surface area (Å²) < 4.78 is 19.9. The van der Waals surface area contributed by atoms with Gasteiger partial charge in [-0.2, -0.15) is 0 Å². The molecule has 0 heterocycles. The first kappa shape index (κ1) is 22.6. The first-order valence-electron chi connectivity index (χ1n) is 9.42. The number of nitrogens with two attached hydrogens (primary N) is 1. The minimum Gasteiger partial charge on any atom is -0.507 e. The van der Waals surface area contributed by atoms with Crippen LogP contribution >= 0.6 is 31.2 Å². The quantitative estimate of drug-likeness (QED) is 0.313. The zero-order valence-corrected chi connectivity index (χ0v) is 18.6. The molecule has 6 nitrogen and oxygen atoms in total. The van der Waals surface area contributed by atoms with Crippen LogP contribution in [0.25, 0.3) is 0 Å². The van der Waals surface area contributed by atoms with Crippen molar-refractivity contribution in [1.82, 2.24) is 0 Å². The van der Waals surface area contributed by atoms with Crippen molar-refractivity contribution in [3.05, 3.63) is 52.5 Å². The van der Waals surface area contributed by atoms with Gasteiger partial charge in [-0.25, -0.2) is 15.1 Å². The van der Waals surface area contributed by atoms with Crippen LogP contribution in [0.2, 0.25) is 5.02 Å². The van der Waals surface area contributed by atoms with E-state index >= 15 is 0 Å². The summed E-state index contributed by atoms with van der Waals surface area (Å²) in [6, 6.07) is 11.7. The van der Waals surface area contributed by atoms with Crippen LogP contribution in [0.1, 0.15) is 43.2 Å². The highest BCUT2D eigenvalue weighted by atomic mass is 35.5. The van der Waals surface area contributed by atoms with E-state index in [0.717, 1.165) is 21.8 Å². The average Bonchev–Trinajstić information content (AvgIpc) is 3.53. The van der Waals surface area contributed by atoms with Crippen LogP contribution in [0.15, 0.2) is 46.2 Å². The van der Waals surface area contributed by atoms with Crippen LogP contribution in [-0.2, 0) is 20.1 Å². The number of hydrogen-bond donors (Lipinski definition) is 3. The van der Waals surface area contributed by atoms with Crippen molar-refractivity contribution in [3.63, 3.8) is 0 Å². The fourth-order valence-corrected chi connectivity index (χ4v) is 4.72. The van der Waals surface area contributed by atoms with Gasteiger partial charge in [-0.05, 0) is 72.9 Å². The Labute approximate surface area is 179 Å². The van der Waals surface area contributed by atoms with Crippen molar-refractivity contribution in [1.29, 1.82) is 0 Å². The molecule has 4 N–H and O–H groups in total. The number of hydrogen-bond acceptors (Lipinski definition) is 6. The number of aromatic hydroxyl groups is 1. The monoisotopic (exact) mass is 457 g/mol. The van der Waals surface area contributed by atoms with Crippen LogP contribution < -0.4 is 5.90 Å². The first-order valence-corrected chi connectivity index (χ1v) is 12.1. The third-order valence-electron chi connectivity index (χ3n) is 4.85. The lowest BCUT2D eigenvalue weighted by Crippen LogP contribution is -2.08. The number of phenols is 1. The smallest absolute Gasteiger partial charge is 0.488 e. The number of rotatable bonds is 10. The zero-order valence-electron chi connectivity index (χ0n) is 16.1. The van der Waals surface area contributed by atoms with E-state index in [1.165, 1.54) is 30.2 Å². The molecule has 2 unspecified atom stereocenters. The first-order chi connectivity index (χ1) is 13.8. The van der Waals surface area contributed by atoms with E-state index < -0.39 is 7.82 Å². The highest BCUT2D eigenvalue weighted by molar-refractivity contribution is 7.99. The molecule has 0 spiro atoms. The van der Waals surface area contributed by atoms with Crippen LogP contribution in [0.3, 0.4) is 0 Å². The van der Waals surface area contributed by atoms with Gasteiger partial charge in [-0.15, -0.1) is 0 Å². The summed E-state index contributed by atoms with van der Waals surface area (Å²) in [5.41, 5.74) is 2.26. The van der Waals surface area contributed by atoms with E-state index in [4.69, 9.17) is 26.9 Å². The summed E-state index contributed by atoms with van der Waals surface area (Å²) in [5, 5.41) is 10.8. The van der Waals surface area contributed by atoms with Crippen molar-refractivity contribution >= 4 is 31.2 Å². The van der Waals surface area contributed by atoms with Crippen LogP contribution in [0.4, 0.5) is 0 Å². The lowest BCUT2D eigenvalue weighted by molar-refractivity contribution is 0.133. The van der Waals surface area contributed by atoms with Crippen molar-refractivity contribution in [2.75, 3.05) is 6.61 Å². The molecule has 1 saturated carbocycles. The van der Waals surface area contributed by atoms with E-state index in [1.54, 1.807) is 6.07 Å². The Kier molecular flexibility index (Phi) is 7.68. The van der Waals surface area contributed by atoms with Gasteiger partial charge in [0, 0.05) is 9.92 Å². The molecule has 1 aliphatic carbocycles. The second-order valence-electron chi connectivity index (χ2n) is 7.37. The molecule has 158 valence electrons. The van der Waals surface area contributed by atoms with Gasteiger partial charge in [0.2, 0.25) is 0 Å². The SMILES string of the molecule is CC(CCc1ccc(Sc2cc(C3CC3)ccc2O)cc1Cl)COP(=O)(O)ON. The summed E-state index contributed by atoms with van der Waals surface area (Å²) in [6.07, 6.45) is 3.86. The van der Waals surface area contributed by atoms with Gasteiger partial charge >= 0.3 is 7.82 Å². The Morgan fingerprint density at radius 3 is 2.72 bits per heavy atom. The van der Waals surface area contributed by atoms with Crippen LogP contribution in [0.5, 0.6) is 5.75 Å². The molecule has 0 radical (unpaired) electrons. The summed E-state index contributed by atoms with van der Waals surface area (Å²) >= 11 is 7.95. The molecule has 9 heteroatoms. The van der Waals surface area contributed by atoms with Gasteiger partial charge in [-0.1, -0.05) is 42.4 Å². The Bertz CT molecular complexity index is 908. The molecule has 0 aliphatic heterocycles. The molecule has 29 heavy (non-hydrogen) atoms. The second kappa shape index (κ2) is 9.84. The molecule has 1 fully saturated rings. The van der Waals surface area contributed by atoms with E-state index in [1.807, 2.05) is 31.2 Å². The Morgan fingerprint density at radius 1 is 1.31 bits per heavy atom. The van der Waals surface area contributed by atoms with Crippen molar-refractivity contribution in [2.24, 2.45) is 11.8 Å². The van der Waals surface area contributed by atoms with E-state index in [2.05, 4.69) is 10.7 Å². The molecular weight excluding hydrogens is 433 g/mol. The molecule has 2 atom stereocenters. The van der Waals surface area contributed by atoms with Gasteiger partial charge in [0.25, 0.3) is 0 Å². The summed E-state index contributed by atoms with van der Waals surface area (Å²) in [4.78, 5) is 11.0. The van der Waals surface area contributed by atoms with Gasteiger partial charge in [0.15, 0.2) is 0 Å². The van der Waals surface area contributed by atoms with Gasteiger partial charge in [0.1, 0.15) is 5.75 Å². The minimum atomic E-state index is -4.15. The molecule has 1 aliphatic rings. The topological polar surface area (TPSA) is 102 Å². The molecule has 3 rings (SSSR count). The maximum Gasteiger partial charge on any atom is 0.488 e. The lowest BCUT2D eigenvalue weighted by atomic mass is 10.0. The average molecular weight is 458 g/mol. The van der Waals surface area contributed by atoms with Gasteiger partial charge < -0.3 is 10.00 Å². The molecule has 0 aromatic heterocycles. The number of halogens is 1. The zero-order chi connectivity index (χ0) is 21.0. The number of phenolic OH excluding ortho intramolecular Hbond substituents is 1. The normalized spacial score (nSPS) is 17.1. The number of phosphoric acid groups is 1. The summed E-state index contributed by atoms with van der Waals surface area (Å²) in [7, 11) is -4.15. The summed E-state index contributed by atoms with van der Waals surface area (Å²) in [6.45, 7) is 1.97. The van der Waals surface area contributed by atoms with Crippen LogP contribution in [-0.4, -0.2) is 16.6 Å². The third kappa shape index (κ3) is 6.72. The van der Waals surface area contributed by atoms with E-state index in [0.29, 0.717) is 17.4 Å². The Hall–Kier alpha value is -1.05. The van der Waals surface area contributed by atoms with Crippen LogP contribution in [0, 0.1) is 5.92 Å². The van der Waals surface area contributed by atoms with Gasteiger partial charge in [0.05, 0.1) is 11.5 Å². The van der Waals surface area contributed by atoms with E-state index in [9.17, 15) is 9.67 Å². The molecule has 0 saturated heterocycles. The molecule has 0 bridgehead atoms. The van der Waals surface area contributed by atoms with Gasteiger partial charge in [-0.3, -0.25) is 4.52 Å². The molecule has 2 aromatic carbocycles. The Morgan fingerprint density at radius 2 is 2.07 bits per heavy atom. The minimum absolute atomic E-state index is 0.0258. The molecule has 2 aromatic rings. The number of aryl methyl sites for hydroxylation is 1. The second-order valence-corrected chi connectivity index (χ2v) is 10.3. The maximum absolute atomic E-state index is 11.2. The predicted octanol–water partition coefficient (Wildman–Crippen LogP) is 5.65. The lowest BCUT2D eigenvalue weighted by Gasteiger charge is -2.14. The summed E-state index contributed by atoms with van der Waals surface area (Å²) in [5.74, 6) is 5.64. The maximum atomic E-state index is 11.2. The van der Waals surface area contributed by atoms with Crippen molar-refractivity contribution in [2.45, 2.75) is 48.3 Å². The molecular formula is C20H25ClNO5PS. The third-order valence-corrected chi connectivity index (χ3v) is 6.98. The highest BCUT2D eigenvalue weighted by Crippen LogP contribution is 2.44.